The SMILES string of the molecule is Cc1nc2c3ccccc3c3ccccc3c2nc1-c1nc(-c2nc3c4ccccc4c4ccccc4c3nc2C)nc(-c2nc3c4ccccc4c4ccccc4c3nc2C)n1. The zero-order chi connectivity index (χ0) is 41.9. The van der Waals surface area contributed by atoms with Crippen LogP contribution in [0, 0.1) is 20.8 Å². The fourth-order valence-corrected chi connectivity index (χ4v) is 9.56. The lowest BCUT2D eigenvalue weighted by atomic mass is 9.99. The lowest BCUT2D eigenvalue weighted by molar-refractivity contribution is 1.01. The lowest BCUT2D eigenvalue weighted by Gasteiger charge is -2.15. The smallest absolute Gasteiger partial charge is 0.184 e. The molecule has 0 aliphatic carbocycles. The Morgan fingerprint density at radius 2 is 0.381 bits per heavy atom. The molecule has 294 valence electrons. The predicted octanol–water partition coefficient (Wildman–Crippen LogP) is 12.5. The molecule has 9 nitrogen and oxygen atoms in total. The molecule has 0 amide bonds. The maximum Gasteiger partial charge on any atom is 0.184 e. The lowest BCUT2D eigenvalue weighted by Crippen LogP contribution is -2.08. The van der Waals surface area contributed by atoms with E-state index in [1.807, 2.05) is 57.2 Å². The van der Waals surface area contributed by atoms with Crippen LogP contribution in [0.1, 0.15) is 17.1 Å². The predicted molar refractivity (Wildman–Crippen MR) is 255 cm³/mol. The summed E-state index contributed by atoms with van der Waals surface area (Å²) in [6.45, 7) is 5.89. The van der Waals surface area contributed by atoms with Crippen LogP contribution in [0.15, 0.2) is 146 Å². The molecule has 0 bridgehead atoms. The fourth-order valence-electron chi connectivity index (χ4n) is 9.56. The van der Waals surface area contributed by atoms with Gasteiger partial charge >= 0.3 is 0 Å². The molecule has 0 aliphatic heterocycles. The number of benzene rings is 9. The van der Waals surface area contributed by atoms with E-state index >= 15 is 0 Å². The first-order valence-corrected chi connectivity index (χ1v) is 21.0. The van der Waals surface area contributed by atoms with E-state index in [4.69, 9.17) is 44.9 Å². The van der Waals surface area contributed by atoms with Gasteiger partial charge in [0.15, 0.2) is 17.5 Å². The Hall–Kier alpha value is -8.43. The highest BCUT2D eigenvalue weighted by Crippen LogP contribution is 2.39. The minimum atomic E-state index is 0.355. The van der Waals surface area contributed by atoms with Gasteiger partial charge in [0.25, 0.3) is 0 Å². The molecule has 9 aromatic carbocycles. The molecule has 4 aromatic heterocycles. The standard InChI is InChI=1S/C54H33N9/c1-28-43(58-49-40-25-13-7-19-34(40)31-16-4-10-22-37(31)46(49)55-28)52-61-53(44-29(2)56-47-38-23-11-5-17-32(38)35-20-8-14-26-41(35)50(47)59-44)63-54(62-52)45-30(3)57-48-39-24-12-6-18-33(39)36-21-9-15-27-42(36)51(48)60-45/h4-27H,1-3H3. The molecular formula is C54H33N9. The molecular weight excluding hydrogens is 775 g/mol. The van der Waals surface area contributed by atoms with Gasteiger partial charge in [-0.25, -0.2) is 44.9 Å². The van der Waals surface area contributed by atoms with Crippen LogP contribution < -0.4 is 0 Å². The van der Waals surface area contributed by atoms with Crippen LogP contribution in [-0.2, 0) is 0 Å². The van der Waals surface area contributed by atoms with E-state index in [0.717, 1.165) is 97.7 Å². The van der Waals surface area contributed by atoms with E-state index in [2.05, 4.69) is 109 Å². The Morgan fingerprint density at radius 3 is 0.587 bits per heavy atom. The first-order valence-electron chi connectivity index (χ1n) is 21.0. The van der Waals surface area contributed by atoms with Gasteiger partial charge in [-0.1, -0.05) is 146 Å². The number of aromatic nitrogens is 9. The molecule has 0 spiro atoms. The molecule has 0 saturated carbocycles. The highest BCUT2D eigenvalue weighted by Gasteiger charge is 2.24. The number of aryl methyl sites for hydroxylation is 3. The number of nitrogens with zero attached hydrogens (tertiary/aromatic N) is 9. The second-order valence-electron chi connectivity index (χ2n) is 16.1. The molecule has 0 radical (unpaired) electrons. The third kappa shape index (κ3) is 5.20. The summed E-state index contributed by atoms with van der Waals surface area (Å²) in [6, 6.07) is 50.1. The van der Waals surface area contributed by atoms with Crippen molar-refractivity contribution < 1.29 is 0 Å². The van der Waals surface area contributed by atoms with Crippen LogP contribution in [0.25, 0.3) is 132 Å². The van der Waals surface area contributed by atoms with Crippen LogP contribution >= 0.6 is 0 Å². The van der Waals surface area contributed by atoms with Crippen LogP contribution in [-0.4, -0.2) is 44.9 Å². The summed E-state index contributed by atoms with van der Waals surface area (Å²) in [6.07, 6.45) is 0. The van der Waals surface area contributed by atoms with E-state index in [0.29, 0.717) is 51.6 Å². The van der Waals surface area contributed by atoms with E-state index in [1.165, 1.54) is 0 Å². The average molecular weight is 808 g/mol. The van der Waals surface area contributed by atoms with Gasteiger partial charge in [0.2, 0.25) is 0 Å². The molecule has 9 heteroatoms. The zero-order valence-electron chi connectivity index (χ0n) is 34.4. The van der Waals surface area contributed by atoms with E-state index in [1.54, 1.807) is 0 Å². The third-order valence-corrected chi connectivity index (χ3v) is 12.4. The normalized spacial score (nSPS) is 12.0. The average Bonchev–Trinajstić information content (AvgIpc) is 3.33. The first-order chi connectivity index (χ1) is 31.0. The van der Waals surface area contributed by atoms with Gasteiger partial charge in [-0.2, -0.15) is 0 Å². The van der Waals surface area contributed by atoms with Crippen molar-refractivity contribution in [3.63, 3.8) is 0 Å². The Morgan fingerprint density at radius 1 is 0.206 bits per heavy atom. The quantitative estimate of drug-likeness (QED) is 0.161. The Kier molecular flexibility index (Phi) is 7.45. The Labute approximate surface area is 359 Å². The summed E-state index contributed by atoms with van der Waals surface area (Å²) in [7, 11) is 0. The number of rotatable bonds is 3. The summed E-state index contributed by atoms with van der Waals surface area (Å²) < 4.78 is 0. The van der Waals surface area contributed by atoms with Gasteiger partial charge in [-0.15, -0.1) is 0 Å². The highest BCUT2D eigenvalue weighted by atomic mass is 15.1. The van der Waals surface area contributed by atoms with Crippen molar-refractivity contribution in [2.45, 2.75) is 20.8 Å². The molecule has 0 N–H and O–H groups in total. The van der Waals surface area contributed by atoms with Gasteiger partial charge in [0, 0.05) is 32.3 Å². The number of hydrogen-bond donors (Lipinski definition) is 0. The molecule has 0 aliphatic rings. The van der Waals surface area contributed by atoms with E-state index in [9.17, 15) is 0 Å². The largest absolute Gasteiger partial charge is 0.248 e. The van der Waals surface area contributed by atoms with Crippen LogP contribution in [0.5, 0.6) is 0 Å². The van der Waals surface area contributed by atoms with Crippen molar-refractivity contribution in [2.24, 2.45) is 0 Å². The minimum Gasteiger partial charge on any atom is -0.248 e. The van der Waals surface area contributed by atoms with Gasteiger partial charge < -0.3 is 0 Å². The summed E-state index contributed by atoms with van der Waals surface area (Å²) in [4.78, 5) is 47.7. The van der Waals surface area contributed by atoms with Crippen molar-refractivity contribution in [1.29, 1.82) is 0 Å². The monoisotopic (exact) mass is 807 g/mol. The number of fused-ring (bicyclic) bond motifs is 18. The van der Waals surface area contributed by atoms with Crippen molar-refractivity contribution in [3.8, 4) is 34.6 Å². The van der Waals surface area contributed by atoms with E-state index in [-0.39, 0.29) is 0 Å². The maximum absolute atomic E-state index is 5.40. The molecule has 0 saturated heterocycles. The summed E-state index contributed by atoms with van der Waals surface area (Å²) >= 11 is 0. The zero-order valence-corrected chi connectivity index (χ0v) is 34.4. The Bertz CT molecular complexity index is 3710. The fraction of sp³-hybridized carbons (Fsp3) is 0.0556. The van der Waals surface area contributed by atoms with Crippen LogP contribution in [0.2, 0.25) is 0 Å². The highest BCUT2D eigenvalue weighted by molar-refractivity contribution is 6.25. The maximum atomic E-state index is 5.40. The second-order valence-corrected chi connectivity index (χ2v) is 16.1. The molecule has 13 rings (SSSR count). The first kappa shape index (κ1) is 35.3. The van der Waals surface area contributed by atoms with Crippen molar-refractivity contribution in [2.75, 3.05) is 0 Å². The van der Waals surface area contributed by atoms with Gasteiger partial charge in [0.1, 0.15) is 17.1 Å². The third-order valence-electron chi connectivity index (χ3n) is 12.4. The topological polar surface area (TPSA) is 116 Å². The molecule has 0 atom stereocenters. The van der Waals surface area contributed by atoms with Gasteiger partial charge in [-0.3, -0.25) is 0 Å². The molecule has 63 heavy (non-hydrogen) atoms. The Balaban J connectivity index is 1.12. The summed E-state index contributed by atoms with van der Waals surface area (Å²) in [5, 5.41) is 12.8. The molecule has 0 unspecified atom stereocenters. The minimum absolute atomic E-state index is 0.355. The van der Waals surface area contributed by atoms with Crippen molar-refractivity contribution in [1.82, 2.24) is 44.9 Å². The van der Waals surface area contributed by atoms with Crippen LogP contribution in [0.4, 0.5) is 0 Å². The second kappa shape index (κ2) is 13.3. The number of hydrogen-bond acceptors (Lipinski definition) is 9. The van der Waals surface area contributed by atoms with Crippen LogP contribution in [0.3, 0.4) is 0 Å². The summed E-state index contributed by atoms with van der Waals surface area (Å²) in [5.74, 6) is 1.07. The summed E-state index contributed by atoms with van der Waals surface area (Å²) in [5.41, 5.74) is 8.46. The molecule has 13 aromatic rings. The van der Waals surface area contributed by atoms with Crippen molar-refractivity contribution in [3.05, 3.63) is 163 Å². The van der Waals surface area contributed by atoms with E-state index < -0.39 is 0 Å². The van der Waals surface area contributed by atoms with Gasteiger partial charge in [-0.05, 0) is 53.1 Å². The molecule has 4 heterocycles. The molecule has 0 fully saturated rings. The van der Waals surface area contributed by atoms with Crippen molar-refractivity contribution >= 4 is 97.7 Å². The van der Waals surface area contributed by atoms with Gasteiger partial charge in [0.05, 0.1) is 50.2 Å².